The predicted molar refractivity (Wildman–Crippen MR) is 92.4 cm³/mol. The number of hydrogen-bond acceptors (Lipinski definition) is 4. The highest BCUT2D eigenvalue weighted by molar-refractivity contribution is 7.17. The number of hydrogen-bond donors (Lipinski definition) is 1. The van der Waals surface area contributed by atoms with E-state index in [1.807, 2.05) is 62.4 Å². The van der Waals surface area contributed by atoms with E-state index in [4.69, 9.17) is 0 Å². The summed E-state index contributed by atoms with van der Waals surface area (Å²) in [6.07, 6.45) is 1.73. The molecule has 1 atom stereocenters. The molecule has 0 aliphatic heterocycles. The lowest BCUT2D eigenvalue weighted by atomic mass is 10.1. The molecule has 0 radical (unpaired) electrons. The molecule has 0 aliphatic rings. The Bertz CT molecular complexity index is 800. The van der Waals surface area contributed by atoms with Gasteiger partial charge in [-0.1, -0.05) is 36.4 Å². The topological polar surface area (TPSA) is 54.9 Å². The zero-order valence-electron chi connectivity index (χ0n) is 13.0. The number of rotatable bonds is 4. The van der Waals surface area contributed by atoms with Gasteiger partial charge in [-0.15, -0.1) is 11.3 Å². The second-order valence-corrected chi connectivity index (χ2v) is 6.25. The van der Waals surface area contributed by atoms with E-state index in [0.29, 0.717) is 4.88 Å². The first kappa shape index (κ1) is 15.4. The molecule has 2 aromatic heterocycles. The number of pyridine rings is 1. The molecule has 3 aromatic rings. The molecule has 0 bridgehead atoms. The number of nitrogens with zero attached hydrogens (tertiary/aromatic N) is 2. The van der Waals surface area contributed by atoms with Gasteiger partial charge in [-0.25, -0.2) is 4.98 Å². The highest BCUT2D eigenvalue weighted by Crippen LogP contribution is 2.26. The minimum absolute atomic E-state index is 0.0523. The van der Waals surface area contributed by atoms with Gasteiger partial charge in [0.2, 0.25) is 0 Å². The van der Waals surface area contributed by atoms with Gasteiger partial charge < -0.3 is 5.32 Å². The third kappa shape index (κ3) is 3.46. The van der Waals surface area contributed by atoms with Gasteiger partial charge in [-0.05, 0) is 31.5 Å². The number of carbonyl (C=O) groups excluding carboxylic acids is 1. The highest BCUT2D eigenvalue weighted by Gasteiger charge is 2.18. The minimum Gasteiger partial charge on any atom is -0.345 e. The standard InChI is InChI=1S/C18H17N3OS/c1-12(14-8-4-3-5-9-14)20-17(22)16-13(2)21-18(23-16)15-10-6-7-11-19-15/h3-12H,1-2H3,(H,20,22)/t12-/m1/s1. The second kappa shape index (κ2) is 6.71. The number of aromatic nitrogens is 2. The number of nitrogens with one attached hydrogen (secondary N) is 1. The number of carbonyl (C=O) groups is 1. The molecular formula is C18H17N3OS. The normalized spacial score (nSPS) is 11.9. The van der Waals surface area contributed by atoms with Crippen LogP contribution in [0.15, 0.2) is 54.7 Å². The van der Waals surface area contributed by atoms with Gasteiger partial charge in [0, 0.05) is 6.20 Å². The van der Waals surface area contributed by atoms with Gasteiger partial charge in [0.1, 0.15) is 9.88 Å². The molecule has 0 saturated carbocycles. The fourth-order valence-electron chi connectivity index (χ4n) is 2.29. The van der Waals surface area contributed by atoms with Crippen molar-refractivity contribution in [3.63, 3.8) is 0 Å². The Labute approximate surface area is 139 Å². The molecule has 0 unspecified atom stereocenters. The first-order valence-electron chi connectivity index (χ1n) is 7.40. The number of amides is 1. The summed E-state index contributed by atoms with van der Waals surface area (Å²) in [6, 6.07) is 15.5. The Morgan fingerprint density at radius 3 is 2.57 bits per heavy atom. The van der Waals surface area contributed by atoms with Gasteiger partial charge >= 0.3 is 0 Å². The van der Waals surface area contributed by atoms with Gasteiger partial charge in [-0.3, -0.25) is 9.78 Å². The van der Waals surface area contributed by atoms with Crippen LogP contribution in [0.4, 0.5) is 0 Å². The zero-order chi connectivity index (χ0) is 16.2. The average Bonchev–Trinajstić information content (AvgIpc) is 2.98. The Kier molecular flexibility index (Phi) is 4.48. The Morgan fingerprint density at radius 1 is 1.13 bits per heavy atom. The van der Waals surface area contributed by atoms with Crippen molar-refractivity contribution < 1.29 is 4.79 Å². The van der Waals surface area contributed by atoms with Crippen LogP contribution in [0.25, 0.3) is 10.7 Å². The Hall–Kier alpha value is -2.53. The van der Waals surface area contributed by atoms with E-state index in [1.54, 1.807) is 6.20 Å². The van der Waals surface area contributed by atoms with Crippen molar-refractivity contribution in [3.8, 4) is 10.7 Å². The summed E-state index contributed by atoms with van der Waals surface area (Å²) in [5.74, 6) is -0.0986. The number of aryl methyl sites for hydroxylation is 1. The molecule has 4 nitrogen and oxygen atoms in total. The SMILES string of the molecule is Cc1nc(-c2ccccn2)sc1C(=O)N[C@H](C)c1ccccc1. The summed E-state index contributed by atoms with van der Waals surface area (Å²) in [5.41, 5.74) is 2.59. The van der Waals surface area contributed by atoms with Crippen molar-refractivity contribution >= 4 is 17.2 Å². The van der Waals surface area contributed by atoms with Gasteiger partial charge in [0.05, 0.1) is 17.4 Å². The van der Waals surface area contributed by atoms with Crippen LogP contribution in [0.3, 0.4) is 0 Å². The van der Waals surface area contributed by atoms with Gasteiger partial charge in [-0.2, -0.15) is 0 Å². The van der Waals surface area contributed by atoms with Crippen molar-refractivity contribution in [1.29, 1.82) is 0 Å². The predicted octanol–water partition coefficient (Wildman–Crippen LogP) is 4.00. The van der Waals surface area contributed by atoms with Crippen LogP contribution in [0.2, 0.25) is 0 Å². The summed E-state index contributed by atoms with van der Waals surface area (Å²) >= 11 is 1.37. The summed E-state index contributed by atoms with van der Waals surface area (Å²) in [4.78, 5) is 21.9. The maximum atomic E-state index is 12.5. The lowest BCUT2D eigenvalue weighted by Crippen LogP contribution is -2.26. The summed E-state index contributed by atoms with van der Waals surface area (Å²) in [6.45, 7) is 3.83. The molecule has 23 heavy (non-hydrogen) atoms. The minimum atomic E-state index is -0.0986. The smallest absolute Gasteiger partial charge is 0.263 e. The van der Waals surface area contributed by atoms with Crippen LogP contribution in [-0.4, -0.2) is 15.9 Å². The van der Waals surface area contributed by atoms with Gasteiger partial charge in [0.15, 0.2) is 0 Å². The Balaban J connectivity index is 1.79. The van der Waals surface area contributed by atoms with Crippen molar-refractivity contribution in [3.05, 3.63) is 70.9 Å². The number of thiazole rings is 1. The molecule has 1 amide bonds. The van der Waals surface area contributed by atoms with Crippen molar-refractivity contribution in [2.45, 2.75) is 19.9 Å². The quantitative estimate of drug-likeness (QED) is 0.789. The first-order valence-corrected chi connectivity index (χ1v) is 8.21. The highest BCUT2D eigenvalue weighted by atomic mass is 32.1. The monoisotopic (exact) mass is 323 g/mol. The molecule has 3 rings (SSSR count). The third-order valence-electron chi connectivity index (χ3n) is 3.53. The fraction of sp³-hybridized carbons (Fsp3) is 0.167. The van der Waals surface area contributed by atoms with E-state index >= 15 is 0 Å². The third-order valence-corrected chi connectivity index (χ3v) is 4.71. The van der Waals surface area contributed by atoms with Crippen LogP contribution in [0, 0.1) is 6.92 Å². The molecule has 116 valence electrons. The molecule has 5 heteroatoms. The molecular weight excluding hydrogens is 306 g/mol. The van der Waals surface area contributed by atoms with E-state index in [2.05, 4.69) is 15.3 Å². The van der Waals surface area contributed by atoms with Crippen LogP contribution >= 0.6 is 11.3 Å². The largest absolute Gasteiger partial charge is 0.345 e. The van der Waals surface area contributed by atoms with Crippen molar-refractivity contribution in [2.24, 2.45) is 0 Å². The van der Waals surface area contributed by atoms with E-state index < -0.39 is 0 Å². The van der Waals surface area contributed by atoms with E-state index in [0.717, 1.165) is 22.0 Å². The molecule has 0 spiro atoms. The lowest BCUT2D eigenvalue weighted by Gasteiger charge is -2.13. The summed E-state index contributed by atoms with van der Waals surface area (Å²) < 4.78 is 0. The average molecular weight is 323 g/mol. The van der Waals surface area contributed by atoms with Gasteiger partial charge in [0.25, 0.3) is 5.91 Å². The molecule has 1 aromatic carbocycles. The maximum Gasteiger partial charge on any atom is 0.263 e. The van der Waals surface area contributed by atoms with Crippen LogP contribution < -0.4 is 5.32 Å². The number of benzene rings is 1. The summed E-state index contributed by atoms with van der Waals surface area (Å²) in [7, 11) is 0. The van der Waals surface area contributed by atoms with Crippen molar-refractivity contribution in [2.75, 3.05) is 0 Å². The van der Waals surface area contributed by atoms with E-state index in [-0.39, 0.29) is 11.9 Å². The Morgan fingerprint density at radius 2 is 1.87 bits per heavy atom. The molecule has 1 N–H and O–H groups in total. The van der Waals surface area contributed by atoms with E-state index in [9.17, 15) is 4.79 Å². The second-order valence-electron chi connectivity index (χ2n) is 5.25. The fourth-order valence-corrected chi connectivity index (χ4v) is 3.24. The van der Waals surface area contributed by atoms with Crippen molar-refractivity contribution in [1.82, 2.24) is 15.3 Å². The zero-order valence-corrected chi connectivity index (χ0v) is 13.8. The molecule has 0 aliphatic carbocycles. The van der Waals surface area contributed by atoms with Crippen LogP contribution in [0.5, 0.6) is 0 Å². The van der Waals surface area contributed by atoms with Crippen LogP contribution in [0.1, 0.15) is 33.9 Å². The molecule has 2 heterocycles. The molecule has 0 fully saturated rings. The van der Waals surface area contributed by atoms with E-state index in [1.165, 1.54) is 11.3 Å². The molecule has 0 saturated heterocycles. The van der Waals surface area contributed by atoms with Crippen LogP contribution in [-0.2, 0) is 0 Å². The first-order chi connectivity index (χ1) is 11.1. The lowest BCUT2D eigenvalue weighted by molar-refractivity contribution is 0.0943. The summed E-state index contributed by atoms with van der Waals surface area (Å²) in [5, 5.41) is 3.79. The maximum absolute atomic E-state index is 12.5.